The lowest BCUT2D eigenvalue weighted by Gasteiger charge is -2.11. The minimum Gasteiger partial charge on any atom is -0.356 e. The molecule has 0 radical (unpaired) electrons. The lowest BCUT2D eigenvalue weighted by Crippen LogP contribution is -2.37. The SMILES string of the molecule is CCCCCNC(=NC)NCc1cccc(F)c1.I. The number of guanidine groups is 1. The minimum atomic E-state index is -0.208. The smallest absolute Gasteiger partial charge is 0.191 e. The average Bonchev–Trinajstić information content (AvgIpc) is 2.38. The van der Waals surface area contributed by atoms with Crippen molar-refractivity contribution in [2.24, 2.45) is 4.99 Å². The van der Waals surface area contributed by atoms with Gasteiger partial charge in [0.2, 0.25) is 0 Å². The summed E-state index contributed by atoms with van der Waals surface area (Å²) in [7, 11) is 1.74. The molecule has 5 heteroatoms. The molecule has 19 heavy (non-hydrogen) atoms. The first-order valence-electron chi connectivity index (χ1n) is 6.45. The van der Waals surface area contributed by atoms with E-state index in [0.29, 0.717) is 6.54 Å². The molecule has 2 N–H and O–H groups in total. The minimum absolute atomic E-state index is 0. The molecule has 0 heterocycles. The summed E-state index contributed by atoms with van der Waals surface area (Å²) in [5.41, 5.74) is 0.909. The van der Waals surface area contributed by atoms with Crippen molar-refractivity contribution in [3.63, 3.8) is 0 Å². The first kappa shape index (κ1) is 18.1. The summed E-state index contributed by atoms with van der Waals surface area (Å²) in [5, 5.41) is 6.40. The highest BCUT2D eigenvalue weighted by atomic mass is 127. The molecule has 1 aromatic rings. The van der Waals surface area contributed by atoms with Crippen LogP contribution in [0.15, 0.2) is 29.3 Å². The number of hydrogen-bond donors (Lipinski definition) is 2. The number of aliphatic imine (C=N–C) groups is 1. The summed E-state index contributed by atoms with van der Waals surface area (Å²) in [6.07, 6.45) is 3.56. The molecule has 0 amide bonds. The summed E-state index contributed by atoms with van der Waals surface area (Å²) >= 11 is 0. The summed E-state index contributed by atoms with van der Waals surface area (Å²) in [6, 6.07) is 6.57. The van der Waals surface area contributed by atoms with Crippen LogP contribution in [-0.4, -0.2) is 19.6 Å². The molecule has 1 aromatic carbocycles. The van der Waals surface area contributed by atoms with Gasteiger partial charge in [-0.25, -0.2) is 4.39 Å². The molecule has 3 nitrogen and oxygen atoms in total. The summed E-state index contributed by atoms with van der Waals surface area (Å²) in [5.74, 6) is 0.551. The van der Waals surface area contributed by atoms with Gasteiger partial charge in [-0.05, 0) is 24.1 Å². The average molecular weight is 379 g/mol. The van der Waals surface area contributed by atoms with E-state index in [2.05, 4.69) is 22.5 Å². The molecule has 0 aliphatic carbocycles. The fourth-order valence-electron chi connectivity index (χ4n) is 1.64. The Bertz CT molecular complexity index is 383. The molecule has 0 aliphatic rings. The summed E-state index contributed by atoms with van der Waals surface area (Å²) in [6.45, 7) is 3.67. The number of nitrogens with one attached hydrogen (secondary N) is 2. The highest BCUT2D eigenvalue weighted by Crippen LogP contribution is 2.02. The number of halogens is 2. The van der Waals surface area contributed by atoms with E-state index >= 15 is 0 Å². The van der Waals surface area contributed by atoms with Gasteiger partial charge in [-0.3, -0.25) is 4.99 Å². The Balaban J connectivity index is 0.00000324. The Kier molecular flexibility index (Phi) is 10.5. The molecule has 0 aromatic heterocycles. The van der Waals surface area contributed by atoms with Gasteiger partial charge in [-0.2, -0.15) is 0 Å². The van der Waals surface area contributed by atoms with Crippen LogP contribution in [0.3, 0.4) is 0 Å². The maximum Gasteiger partial charge on any atom is 0.191 e. The van der Waals surface area contributed by atoms with Crippen molar-refractivity contribution in [1.82, 2.24) is 10.6 Å². The Morgan fingerprint density at radius 1 is 1.26 bits per heavy atom. The maximum absolute atomic E-state index is 13.0. The molecule has 108 valence electrons. The second-order valence-corrected chi connectivity index (χ2v) is 4.19. The number of nitrogens with zero attached hydrogens (tertiary/aromatic N) is 1. The van der Waals surface area contributed by atoms with Crippen LogP contribution in [-0.2, 0) is 6.54 Å². The van der Waals surface area contributed by atoms with E-state index in [1.807, 2.05) is 6.07 Å². The summed E-state index contributed by atoms with van der Waals surface area (Å²) < 4.78 is 13.0. The van der Waals surface area contributed by atoms with E-state index in [4.69, 9.17) is 0 Å². The van der Waals surface area contributed by atoms with Crippen molar-refractivity contribution in [2.75, 3.05) is 13.6 Å². The highest BCUT2D eigenvalue weighted by molar-refractivity contribution is 14.0. The van der Waals surface area contributed by atoms with Crippen molar-refractivity contribution < 1.29 is 4.39 Å². The Morgan fingerprint density at radius 2 is 2.05 bits per heavy atom. The van der Waals surface area contributed by atoms with Gasteiger partial charge in [0.15, 0.2) is 5.96 Å². The van der Waals surface area contributed by atoms with Crippen LogP contribution in [0.5, 0.6) is 0 Å². The van der Waals surface area contributed by atoms with Gasteiger partial charge in [-0.15, -0.1) is 24.0 Å². The van der Waals surface area contributed by atoms with E-state index in [9.17, 15) is 4.39 Å². The first-order chi connectivity index (χ1) is 8.76. The molecule has 0 saturated heterocycles. The summed E-state index contributed by atoms with van der Waals surface area (Å²) in [4.78, 5) is 4.12. The zero-order valence-electron chi connectivity index (χ0n) is 11.6. The van der Waals surface area contributed by atoms with E-state index in [1.165, 1.54) is 25.0 Å². The molecule has 0 fully saturated rings. The lowest BCUT2D eigenvalue weighted by molar-refractivity contribution is 0.624. The van der Waals surface area contributed by atoms with Crippen molar-refractivity contribution in [2.45, 2.75) is 32.7 Å². The topological polar surface area (TPSA) is 36.4 Å². The number of unbranched alkanes of at least 4 members (excludes halogenated alkanes) is 2. The van der Waals surface area contributed by atoms with Gasteiger partial charge >= 0.3 is 0 Å². The van der Waals surface area contributed by atoms with Crippen molar-refractivity contribution >= 4 is 29.9 Å². The van der Waals surface area contributed by atoms with E-state index in [1.54, 1.807) is 13.1 Å². The molecular formula is C14H23FIN3. The largest absolute Gasteiger partial charge is 0.356 e. The molecular weight excluding hydrogens is 356 g/mol. The Morgan fingerprint density at radius 3 is 2.68 bits per heavy atom. The molecule has 0 spiro atoms. The normalized spacial score (nSPS) is 10.8. The van der Waals surface area contributed by atoms with Gasteiger partial charge in [0.05, 0.1) is 0 Å². The molecule has 0 saturated carbocycles. The third kappa shape index (κ3) is 8.02. The quantitative estimate of drug-likeness (QED) is 0.345. The van der Waals surface area contributed by atoms with Crippen LogP contribution in [0.2, 0.25) is 0 Å². The van der Waals surface area contributed by atoms with Gasteiger partial charge in [0, 0.05) is 20.1 Å². The van der Waals surface area contributed by atoms with Crippen molar-refractivity contribution in [1.29, 1.82) is 0 Å². The number of hydrogen-bond acceptors (Lipinski definition) is 1. The highest BCUT2D eigenvalue weighted by Gasteiger charge is 1.98. The van der Waals surface area contributed by atoms with Gasteiger partial charge in [0.1, 0.15) is 5.82 Å². The van der Waals surface area contributed by atoms with Crippen LogP contribution in [0.1, 0.15) is 31.7 Å². The molecule has 1 rings (SSSR count). The molecule has 0 atom stereocenters. The zero-order chi connectivity index (χ0) is 13.2. The van der Waals surface area contributed by atoms with Crippen LogP contribution in [0.25, 0.3) is 0 Å². The maximum atomic E-state index is 13.0. The third-order valence-corrected chi connectivity index (χ3v) is 2.65. The van der Waals surface area contributed by atoms with E-state index in [0.717, 1.165) is 24.5 Å². The van der Waals surface area contributed by atoms with Crippen LogP contribution < -0.4 is 10.6 Å². The van der Waals surface area contributed by atoms with Gasteiger partial charge in [-0.1, -0.05) is 31.9 Å². The lowest BCUT2D eigenvalue weighted by atomic mass is 10.2. The second kappa shape index (κ2) is 11.0. The fourth-order valence-corrected chi connectivity index (χ4v) is 1.64. The number of rotatable bonds is 6. The van der Waals surface area contributed by atoms with Crippen molar-refractivity contribution in [3.05, 3.63) is 35.6 Å². The standard InChI is InChI=1S/C14H22FN3.HI/c1-3-4-5-9-17-14(16-2)18-11-12-7-6-8-13(15)10-12;/h6-8,10H,3-5,9,11H2,1-2H3,(H2,16,17,18);1H. The van der Waals surface area contributed by atoms with Crippen LogP contribution in [0, 0.1) is 5.82 Å². The van der Waals surface area contributed by atoms with Crippen LogP contribution in [0.4, 0.5) is 4.39 Å². The van der Waals surface area contributed by atoms with Gasteiger partial charge < -0.3 is 10.6 Å². The third-order valence-electron chi connectivity index (χ3n) is 2.65. The second-order valence-electron chi connectivity index (χ2n) is 4.19. The van der Waals surface area contributed by atoms with E-state index < -0.39 is 0 Å². The molecule has 0 unspecified atom stereocenters. The van der Waals surface area contributed by atoms with E-state index in [-0.39, 0.29) is 29.8 Å². The fraction of sp³-hybridized carbons (Fsp3) is 0.500. The molecule has 0 bridgehead atoms. The first-order valence-corrected chi connectivity index (χ1v) is 6.45. The Hall–Kier alpha value is -0.850. The molecule has 0 aliphatic heterocycles. The van der Waals surface area contributed by atoms with Gasteiger partial charge in [0.25, 0.3) is 0 Å². The monoisotopic (exact) mass is 379 g/mol. The van der Waals surface area contributed by atoms with Crippen LogP contribution >= 0.6 is 24.0 Å². The predicted octanol–water partition coefficient (Wildman–Crippen LogP) is 3.30. The number of benzene rings is 1. The zero-order valence-corrected chi connectivity index (χ0v) is 13.9. The van der Waals surface area contributed by atoms with Crippen molar-refractivity contribution in [3.8, 4) is 0 Å². The predicted molar refractivity (Wildman–Crippen MR) is 89.5 cm³/mol. The Labute approximate surface area is 132 Å².